The number of non-ortho nitro benzene ring substituents is 1. The first-order valence-electron chi connectivity index (χ1n) is 7.84. The van der Waals surface area contributed by atoms with Crippen molar-refractivity contribution in [1.82, 2.24) is 0 Å². The number of ether oxygens (including phenoxy) is 1. The highest BCUT2D eigenvalue weighted by Crippen LogP contribution is 2.43. The van der Waals surface area contributed by atoms with Crippen LogP contribution in [0.3, 0.4) is 0 Å². The van der Waals surface area contributed by atoms with Crippen LogP contribution in [0.25, 0.3) is 0 Å². The first kappa shape index (κ1) is 19.7. The Morgan fingerprint density at radius 2 is 2.04 bits per heavy atom. The number of fused-ring (bicyclic) bond motifs is 1. The summed E-state index contributed by atoms with van der Waals surface area (Å²) in [6, 6.07) is 10.4. The number of thioether (sulfide) groups is 1. The number of esters is 1. The first-order chi connectivity index (χ1) is 12.8. The molecule has 0 spiro atoms. The van der Waals surface area contributed by atoms with E-state index in [-0.39, 0.29) is 33.8 Å². The van der Waals surface area contributed by atoms with Crippen molar-refractivity contribution < 1.29 is 22.9 Å². The molecule has 1 heterocycles. The van der Waals surface area contributed by atoms with Gasteiger partial charge in [-0.05, 0) is 23.8 Å². The smallest absolute Gasteiger partial charge is 0.339 e. The Balaban J connectivity index is 1.61. The Bertz CT molecular complexity index is 1010. The Hall–Kier alpha value is -2.10. The molecule has 3 rings (SSSR count). The number of nitro benzene ring substituents is 1. The third-order valence-corrected chi connectivity index (χ3v) is 7.55. The summed E-state index contributed by atoms with van der Waals surface area (Å²) in [6.45, 7) is 0.0909. The molecule has 0 radical (unpaired) electrons. The molecule has 1 atom stereocenters. The number of nitro groups is 1. The molecule has 0 fully saturated rings. The summed E-state index contributed by atoms with van der Waals surface area (Å²) in [5.74, 6) is -0.296. The molecule has 27 heavy (non-hydrogen) atoms. The quantitative estimate of drug-likeness (QED) is 0.300. The van der Waals surface area contributed by atoms with Crippen LogP contribution >= 0.6 is 23.4 Å². The standard InChI is InChI=1S/C17H14ClNO6S2/c18-14-4-2-1-3-12(14)17(20)25-7-8-26-15-10-27(23,24)16-9-11(19(21)22)5-6-13(15)16/h1-6,9,15H,7-8,10H2/t15-/m0/s1. The van der Waals surface area contributed by atoms with Crippen molar-refractivity contribution in [3.05, 3.63) is 68.7 Å². The number of rotatable bonds is 6. The Morgan fingerprint density at radius 1 is 1.30 bits per heavy atom. The summed E-state index contributed by atoms with van der Waals surface area (Å²) in [6.07, 6.45) is 0. The predicted octanol–water partition coefficient (Wildman–Crippen LogP) is 3.67. The maximum atomic E-state index is 12.3. The highest BCUT2D eigenvalue weighted by atomic mass is 35.5. The fourth-order valence-corrected chi connectivity index (χ4v) is 6.40. The van der Waals surface area contributed by atoms with Gasteiger partial charge in [0.05, 0.1) is 26.2 Å². The van der Waals surface area contributed by atoms with Crippen molar-refractivity contribution in [3.63, 3.8) is 0 Å². The molecule has 0 aliphatic carbocycles. The number of halogens is 1. The second kappa shape index (κ2) is 7.87. The molecular formula is C17H14ClNO6S2. The van der Waals surface area contributed by atoms with Gasteiger partial charge in [-0.3, -0.25) is 10.1 Å². The third-order valence-electron chi connectivity index (χ3n) is 3.99. The van der Waals surface area contributed by atoms with Crippen LogP contribution in [0.2, 0.25) is 5.02 Å². The minimum Gasteiger partial charge on any atom is -0.461 e. The highest BCUT2D eigenvalue weighted by molar-refractivity contribution is 8.01. The van der Waals surface area contributed by atoms with Crippen LogP contribution in [0.1, 0.15) is 21.2 Å². The van der Waals surface area contributed by atoms with Crippen molar-refractivity contribution in [2.45, 2.75) is 10.1 Å². The molecule has 0 aromatic heterocycles. The number of carbonyl (C=O) groups excluding carboxylic acids is 1. The number of nitrogens with zero attached hydrogens (tertiary/aromatic N) is 1. The van der Waals surface area contributed by atoms with Crippen molar-refractivity contribution in [3.8, 4) is 0 Å². The van der Waals surface area contributed by atoms with E-state index in [4.69, 9.17) is 16.3 Å². The van der Waals surface area contributed by atoms with E-state index in [9.17, 15) is 23.3 Å². The van der Waals surface area contributed by atoms with Gasteiger partial charge in [0.15, 0.2) is 9.84 Å². The highest BCUT2D eigenvalue weighted by Gasteiger charge is 2.36. The van der Waals surface area contributed by atoms with Gasteiger partial charge < -0.3 is 4.74 Å². The lowest BCUT2D eigenvalue weighted by atomic mass is 10.1. The molecular weight excluding hydrogens is 414 g/mol. The number of hydrogen-bond acceptors (Lipinski definition) is 7. The van der Waals surface area contributed by atoms with Crippen LogP contribution in [-0.4, -0.2) is 37.4 Å². The monoisotopic (exact) mass is 427 g/mol. The van der Waals surface area contributed by atoms with E-state index in [0.29, 0.717) is 16.3 Å². The van der Waals surface area contributed by atoms with Crippen molar-refractivity contribution in [1.29, 1.82) is 0 Å². The lowest BCUT2D eigenvalue weighted by Gasteiger charge is -2.10. The topological polar surface area (TPSA) is 104 Å². The largest absolute Gasteiger partial charge is 0.461 e. The number of sulfone groups is 1. The van der Waals surface area contributed by atoms with Crippen LogP contribution < -0.4 is 0 Å². The summed E-state index contributed by atoms with van der Waals surface area (Å²) in [5.41, 5.74) is 0.560. The van der Waals surface area contributed by atoms with E-state index in [0.717, 1.165) is 6.07 Å². The Labute approximate surface area is 164 Å². The molecule has 0 N–H and O–H groups in total. The van der Waals surface area contributed by atoms with Crippen LogP contribution in [0.5, 0.6) is 0 Å². The molecule has 10 heteroatoms. The Morgan fingerprint density at radius 3 is 2.74 bits per heavy atom. The van der Waals surface area contributed by atoms with Crippen LogP contribution in [-0.2, 0) is 14.6 Å². The minimum absolute atomic E-state index is 0.00209. The van der Waals surface area contributed by atoms with E-state index < -0.39 is 20.7 Å². The number of benzene rings is 2. The lowest BCUT2D eigenvalue weighted by molar-refractivity contribution is -0.385. The zero-order valence-corrected chi connectivity index (χ0v) is 16.2. The van der Waals surface area contributed by atoms with Gasteiger partial charge in [0.25, 0.3) is 5.69 Å². The predicted molar refractivity (Wildman–Crippen MR) is 102 cm³/mol. The van der Waals surface area contributed by atoms with Gasteiger partial charge in [-0.25, -0.2) is 13.2 Å². The molecule has 1 aliphatic heterocycles. The number of hydrogen-bond donors (Lipinski definition) is 0. The molecule has 2 aromatic carbocycles. The van der Waals surface area contributed by atoms with Crippen LogP contribution in [0.15, 0.2) is 47.4 Å². The van der Waals surface area contributed by atoms with Crippen molar-refractivity contribution >= 4 is 44.9 Å². The average molecular weight is 428 g/mol. The summed E-state index contributed by atoms with van der Waals surface area (Å²) in [7, 11) is -3.56. The van der Waals surface area contributed by atoms with Gasteiger partial charge >= 0.3 is 5.97 Å². The van der Waals surface area contributed by atoms with Gasteiger partial charge in [0.2, 0.25) is 0 Å². The van der Waals surface area contributed by atoms with Gasteiger partial charge in [-0.1, -0.05) is 23.7 Å². The normalized spacial score (nSPS) is 17.3. The fraction of sp³-hybridized carbons (Fsp3) is 0.235. The van der Waals surface area contributed by atoms with E-state index in [1.165, 1.54) is 23.9 Å². The molecule has 1 aliphatic rings. The van der Waals surface area contributed by atoms with Gasteiger partial charge in [-0.15, -0.1) is 11.8 Å². The molecule has 0 saturated heterocycles. The molecule has 7 nitrogen and oxygen atoms in total. The van der Waals surface area contributed by atoms with Crippen molar-refractivity contribution in [2.24, 2.45) is 0 Å². The van der Waals surface area contributed by atoms with Crippen LogP contribution in [0.4, 0.5) is 5.69 Å². The zero-order chi connectivity index (χ0) is 19.6. The maximum absolute atomic E-state index is 12.3. The SMILES string of the molecule is O=C(OCCS[C@H]1CS(=O)(=O)c2cc([N+](=O)[O-])ccc21)c1ccccc1Cl. The summed E-state index contributed by atoms with van der Waals surface area (Å²) < 4.78 is 29.7. The van der Waals surface area contributed by atoms with E-state index in [2.05, 4.69) is 0 Å². The lowest BCUT2D eigenvalue weighted by Crippen LogP contribution is -2.09. The van der Waals surface area contributed by atoms with Gasteiger partial charge in [0, 0.05) is 23.1 Å². The van der Waals surface area contributed by atoms with Crippen LogP contribution in [0, 0.1) is 10.1 Å². The van der Waals surface area contributed by atoms with E-state index in [1.807, 2.05) is 0 Å². The minimum atomic E-state index is -3.56. The van der Waals surface area contributed by atoms with Gasteiger partial charge in [-0.2, -0.15) is 0 Å². The second-order valence-electron chi connectivity index (χ2n) is 5.74. The molecule has 0 amide bonds. The van der Waals surface area contributed by atoms with Crippen molar-refractivity contribution in [2.75, 3.05) is 18.1 Å². The molecule has 0 bridgehead atoms. The Kier molecular flexibility index (Phi) is 5.73. The molecule has 142 valence electrons. The van der Waals surface area contributed by atoms with Gasteiger partial charge in [0.1, 0.15) is 6.61 Å². The summed E-state index contributed by atoms with van der Waals surface area (Å²) >= 11 is 7.26. The molecule has 0 unspecified atom stereocenters. The average Bonchev–Trinajstić information content (AvgIpc) is 2.89. The molecule has 0 saturated carbocycles. The summed E-state index contributed by atoms with van der Waals surface area (Å²) in [4.78, 5) is 22.2. The molecule has 2 aromatic rings. The zero-order valence-electron chi connectivity index (χ0n) is 13.8. The maximum Gasteiger partial charge on any atom is 0.339 e. The van der Waals surface area contributed by atoms with E-state index >= 15 is 0 Å². The fourth-order valence-electron chi connectivity index (χ4n) is 2.72. The number of carbonyl (C=O) groups is 1. The summed E-state index contributed by atoms with van der Waals surface area (Å²) in [5, 5.41) is 10.8. The third kappa shape index (κ3) is 4.26. The van der Waals surface area contributed by atoms with E-state index in [1.54, 1.807) is 24.3 Å². The first-order valence-corrected chi connectivity index (χ1v) is 10.9. The second-order valence-corrected chi connectivity index (χ2v) is 9.46.